The van der Waals surface area contributed by atoms with Crippen LogP contribution in [0.5, 0.6) is 0 Å². The summed E-state index contributed by atoms with van der Waals surface area (Å²) in [4.78, 5) is 7.62. The molecular weight excluding hydrogens is 250 g/mol. The molecule has 0 fully saturated rings. The maximum atomic E-state index is 5.84. The molecule has 3 rings (SSSR count). The van der Waals surface area contributed by atoms with Crippen molar-refractivity contribution in [3.05, 3.63) is 30.7 Å². The molecular formula is C12H14ClN5. The molecule has 0 radical (unpaired) electrons. The van der Waals surface area contributed by atoms with Crippen molar-refractivity contribution in [1.29, 1.82) is 0 Å². The van der Waals surface area contributed by atoms with Gasteiger partial charge in [-0.25, -0.2) is 4.98 Å². The minimum absolute atomic E-state index is 0. The first-order valence-electron chi connectivity index (χ1n) is 5.54. The number of aryl methyl sites for hydroxylation is 1. The maximum absolute atomic E-state index is 5.84. The molecule has 0 aliphatic heterocycles. The van der Waals surface area contributed by atoms with Crippen molar-refractivity contribution in [2.45, 2.75) is 13.5 Å². The van der Waals surface area contributed by atoms with Gasteiger partial charge in [-0.15, -0.1) is 12.4 Å². The molecule has 0 aliphatic carbocycles. The van der Waals surface area contributed by atoms with Gasteiger partial charge >= 0.3 is 0 Å². The topological polar surface area (TPSA) is 72.5 Å². The molecule has 6 heteroatoms. The Morgan fingerprint density at radius 1 is 1.39 bits per heavy atom. The van der Waals surface area contributed by atoms with Crippen LogP contribution in [0.2, 0.25) is 0 Å². The van der Waals surface area contributed by atoms with Crippen molar-refractivity contribution in [1.82, 2.24) is 19.7 Å². The van der Waals surface area contributed by atoms with Crippen LogP contribution in [0, 0.1) is 0 Å². The molecule has 0 saturated carbocycles. The van der Waals surface area contributed by atoms with Crippen LogP contribution in [-0.2, 0) is 6.54 Å². The Kier molecular flexibility index (Phi) is 3.25. The van der Waals surface area contributed by atoms with E-state index in [9.17, 15) is 0 Å². The highest BCUT2D eigenvalue weighted by atomic mass is 35.5. The van der Waals surface area contributed by atoms with E-state index in [1.54, 1.807) is 6.20 Å². The first kappa shape index (κ1) is 12.4. The van der Waals surface area contributed by atoms with Crippen LogP contribution in [0.4, 0.5) is 5.69 Å². The third kappa shape index (κ3) is 1.93. The number of hydrogen-bond acceptors (Lipinski definition) is 3. The molecule has 0 unspecified atom stereocenters. The zero-order valence-electron chi connectivity index (χ0n) is 9.92. The number of nitrogens with two attached hydrogens (primary N) is 1. The molecule has 94 valence electrons. The van der Waals surface area contributed by atoms with Crippen molar-refractivity contribution in [2.24, 2.45) is 0 Å². The number of nitrogens with one attached hydrogen (secondary N) is 1. The maximum Gasteiger partial charge on any atom is 0.112 e. The van der Waals surface area contributed by atoms with E-state index in [1.807, 2.05) is 29.2 Å². The molecule has 3 aromatic heterocycles. The standard InChI is InChI=1S/C12H13N5.ClH/c1-2-17-7-8(5-15-17)10-3-4-11-12(16-10)9(13)6-14-11;/h3-7,14H,2,13H2,1H3;1H. The fourth-order valence-electron chi connectivity index (χ4n) is 1.85. The second kappa shape index (κ2) is 4.70. The van der Waals surface area contributed by atoms with Gasteiger partial charge < -0.3 is 10.7 Å². The summed E-state index contributed by atoms with van der Waals surface area (Å²) in [6, 6.07) is 3.95. The van der Waals surface area contributed by atoms with Crippen molar-refractivity contribution in [3.63, 3.8) is 0 Å². The van der Waals surface area contributed by atoms with Gasteiger partial charge in [0.05, 0.1) is 23.1 Å². The first-order chi connectivity index (χ1) is 8.28. The van der Waals surface area contributed by atoms with Crippen LogP contribution < -0.4 is 5.73 Å². The van der Waals surface area contributed by atoms with Gasteiger partial charge in [0, 0.05) is 24.5 Å². The van der Waals surface area contributed by atoms with E-state index >= 15 is 0 Å². The summed E-state index contributed by atoms with van der Waals surface area (Å²) in [7, 11) is 0. The zero-order valence-corrected chi connectivity index (χ0v) is 10.7. The van der Waals surface area contributed by atoms with Crippen LogP contribution in [0.25, 0.3) is 22.3 Å². The Hall–Kier alpha value is -2.01. The summed E-state index contributed by atoms with van der Waals surface area (Å²) < 4.78 is 1.88. The van der Waals surface area contributed by atoms with Crippen molar-refractivity contribution in [2.75, 3.05) is 5.73 Å². The van der Waals surface area contributed by atoms with Gasteiger partial charge in [-0.1, -0.05) is 0 Å². The lowest BCUT2D eigenvalue weighted by atomic mass is 10.2. The highest BCUT2D eigenvalue weighted by Crippen LogP contribution is 2.23. The molecule has 3 heterocycles. The molecule has 0 bridgehead atoms. The predicted octanol–water partition coefficient (Wildman–Crippen LogP) is 2.45. The van der Waals surface area contributed by atoms with Gasteiger partial charge in [-0.05, 0) is 19.1 Å². The number of nitrogens with zero attached hydrogens (tertiary/aromatic N) is 3. The number of nitrogen functional groups attached to an aromatic ring is 1. The summed E-state index contributed by atoms with van der Waals surface area (Å²) in [5.74, 6) is 0. The Labute approximate surface area is 110 Å². The number of aromatic amines is 1. The number of rotatable bonds is 2. The Morgan fingerprint density at radius 2 is 2.22 bits per heavy atom. The minimum Gasteiger partial charge on any atom is -0.396 e. The van der Waals surface area contributed by atoms with Crippen LogP contribution in [0.1, 0.15) is 6.92 Å². The number of anilines is 1. The number of pyridine rings is 1. The molecule has 0 saturated heterocycles. The summed E-state index contributed by atoms with van der Waals surface area (Å²) in [5, 5.41) is 4.24. The number of fused-ring (bicyclic) bond motifs is 1. The highest BCUT2D eigenvalue weighted by molar-refractivity contribution is 5.89. The predicted molar refractivity (Wildman–Crippen MR) is 74.6 cm³/mol. The van der Waals surface area contributed by atoms with Crippen LogP contribution in [-0.4, -0.2) is 19.7 Å². The average Bonchev–Trinajstić information content (AvgIpc) is 2.96. The van der Waals surface area contributed by atoms with E-state index in [-0.39, 0.29) is 12.4 Å². The van der Waals surface area contributed by atoms with E-state index in [2.05, 4.69) is 22.0 Å². The smallest absolute Gasteiger partial charge is 0.112 e. The minimum atomic E-state index is 0. The van der Waals surface area contributed by atoms with Gasteiger partial charge in [0.2, 0.25) is 0 Å². The highest BCUT2D eigenvalue weighted by Gasteiger charge is 2.06. The largest absolute Gasteiger partial charge is 0.396 e. The average molecular weight is 264 g/mol. The normalized spacial score (nSPS) is 10.5. The third-order valence-corrected chi connectivity index (χ3v) is 2.80. The molecule has 0 amide bonds. The molecule has 5 nitrogen and oxygen atoms in total. The van der Waals surface area contributed by atoms with E-state index in [4.69, 9.17) is 5.73 Å². The SMILES string of the molecule is CCn1cc(-c2ccc3[nH]cc(N)c3n2)cn1.Cl. The van der Waals surface area contributed by atoms with Gasteiger partial charge in [0.1, 0.15) is 5.52 Å². The molecule has 0 atom stereocenters. The molecule has 0 aromatic carbocycles. The number of aromatic nitrogens is 4. The van der Waals surface area contributed by atoms with Gasteiger partial charge in [-0.3, -0.25) is 4.68 Å². The van der Waals surface area contributed by atoms with Crippen molar-refractivity contribution < 1.29 is 0 Å². The van der Waals surface area contributed by atoms with E-state index in [1.165, 1.54) is 0 Å². The Morgan fingerprint density at radius 3 is 2.94 bits per heavy atom. The van der Waals surface area contributed by atoms with Gasteiger partial charge in [0.25, 0.3) is 0 Å². The van der Waals surface area contributed by atoms with Gasteiger partial charge in [0.15, 0.2) is 0 Å². The number of halogens is 1. The quantitative estimate of drug-likeness (QED) is 0.746. The van der Waals surface area contributed by atoms with Crippen molar-refractivity contribution in [3.8, 4) is 11.3 Å². The third-order valence-electron chi connectivity index (χ3n) is 2.80. The van der Waals surface area contributed by atoms with Crippen LogP contribution in [0.15, 0.2) is 30.7 Å². The summed E-state index contributed by atoms with van der Waals surface area (Å²) in [6.07, 6.45) is 5.56. The van der Waals surface area contributed by atoms with E-state index in [0.29, 0.717) is 5.69 Å². The lowest BCUT2D eigenvalue weighted by Crippen LogP contribution is -1.92. The molecule has 3 N–H and O–H groups in total. The monoisotopic (exact) mass is 263 g/mol. The van der Waals surface area contributed by atoms with Gasteiger partial charge in [-0.2, -0.15) is 5.10 Å². The molecule has 3 aromatic rings. The van der Waals surface area contributed by atoms with E-state index in [0.717, 1.165) is 28.8 Å². The number of hydrogen-bond donors (Lipinski definition) is 2. The first-order valence-corrected chi connectivity index (χ1v) is 5.54. The Balaban J connectivity index is 0.00000120. The van der Waals surface area contributed by atoms with Crippen molar-refractivity contribution >= 4 is 29.1 Å². The van der Waals surface area contributed by atoms with Crippen LogP contribution in [0.3, 0.4) is 0 Å². The summed E-state index contributed by atoms with van der Waals surface area (Å²) in [6.45, 7) is 2.91. The summed E-state index contributed by atoms with van der Waals surface area (Å²) in [5.41, 5.74) is 10.2. The fourth-order valence-corrected chi connectivity index (χ4v) is 1.85. The fraction of sp³-hybridized carbons (Fsp3) is 0.167. The summed E-state index contributed by atoms with van der Waals surface area (Å²) >= 11 is 0. The number of H-pyrrole nitrogens is 1. The van der Waals surface area contributed by atoms with Crippen LogP contribution >= 0.6 is 12.4 Å². The molecule has 18 heavy (non-hydrogen) atoms. The second-order valence-corrected chi connectivity index (χ2v) is 3.92. The Bertz CT molecular complexity index is 670. The molecule has 0 aliphatic rings. The second-order valence-electron chi connectivity index (χ2n) is 3.92. The lowest BCUT2D eigenvalue weighted by molar-refractivity contribution is 0.660. The molecule has 0 spiro atoms. The lowest BCUT2D eigenvalue weighted by Gasteiger charge is -1.97. The zero-order chi connectivity index (χ0) is 11.8. The van der Waals surface area contributed by atoms with E-state index < -0.39 is 0 Å².